The molecule has 7 nitrogen and oxygen atoms in total. The van der Waals surface area contributed by atoms with Crippen LogP contribution in [-0.4, -0.2) is 33.6 Å². The van der Waals surface area contributed by atoms with Crippen LogP contribution < -0.4 is 15.8 Å². The van der Waals surface area contributed by atoms with E-state index in [9.17, 15) is 14.0 Å². The first-order chi connectivity index (χ1) is 13.5. The summed E-state index contributed by atoms with van der Waals surface area (Å²) in [5, 5.41) is 7.69. The molecular weight excluding hydrogens is 381 g/mol. The minimum Gasteiger partial charge on any atom is -0.348 e. The highest BCUT2D eigenvalue weighted by Gasteiger charge is 2.21. The van der Waals surface area contributed by atoms with Crippen LogP contribution in [0.2, 0.25) is 0 Å². The van der Waals surface area contributed by atoms with Crippen LogP contribution in [0.5, 0.6) is 0 Å². The molecule has 3 aromatic rings. The molecule has 0 spiro atoms. The van der Waals surface area contributed by atoms with Gasteiger partial charge in [0.25, 0.3) is 11.5 Å². The first-order valence-electron chi connectivity index (χ1n) is 9.18. The zero-order chi connectivity index (χ0) is 19.7. The number of halogens is 1. The third-order valence-corrected chi connectivity index (χ3v) is 5.96. The van der Waals surface area contributed by atoms with E-state index >= 15 is 0 Å². The fourth-order valence-corrected chi connectivity index (χ4v) is 4.08. The molecule has 0 aliphatic carbocycles. The molecule has 0 atom stereocenters. The number of benzene rings is 1. The van der Waals surface area contributed by atoms with Crippen LogP contribution in [0.3, 0.4) is 0 Å². The van der Waals surface area contributed by atoms with Crippen molar-refractivity contribution in [3.8, 4) is 0 Å². The maximum atomic E-state index is 13.7. The molecule has 0 radical (unpaired) electrons. The van der Waals surface area contributed by atoms with Crippen molar-refractivity contribution in [2.75, 3.05) is 18.0 Å². The van der Waals surface area contributed by atoms with E-state index in [4.69, 9.17) is 0 Å². The van der Waals surface area contributed by atoms with E-state index in [1.165, 1.54) is 28.1 Å². The third kappa shape index (κ3) is 3.62. The Kier molecular flexibility index (Phi) is 5.08. The lowest BCUT2D eigenvalue weighted by molar-refractivity contribution is 0.0948. The van der Waals surface area contributed by atoms with Crippen LogP contribution in [-0.2, 0) is 6.54 Å². The second-order valence-corrected chi connectivity index (χ2v) is 7.93. The number of hydrogen-bond acceptors (Lipinski definition) is 6. The van der Waals surface area contributed by atoms with Crippen molar-refractivity contribution < 1.29 is 9.18 Å². The van der Waals surface area contributed by atoms with Gasteiger partial charge < -0.3 is 10.2 Å². The summed E-state index contributed by atoms with van der Waals surface area (Å²) in [6.45, 7) is 4.01. The molecule has 1 fully saturated rings. The molecular formula is C19H20FN5O2S. The predicted molar refractivity (Wildman–Crippen MR) is 105 cm³/mol. The van der Waals surface area contributed by atoms with Gasteiger partial charge in [0.2, 0.25) is 10.1 Å². The molecule has 1 N–H and O–H groups in total. The molecule has 1 aliphatic rings. The number of piperidine rings is 1. The number of carbonyl (C=O) groups is 1. The van der Waals surface area contributed by atoms with Crippen molar-refractivity contribution in [3.05, 3.63) is 57.8 Å². The predicted octanol–water partition coefficient (Wildman–Crippen LogP) is 2.46. The quantitative estimate of drug-likeness (QED) is 0.727. The summed E-state index contributed by atoms with van der Waals surface area (Å²) >= 11 is 1.34. The molecule has 0 saturated carbocycles. The number of rotatable bonds is 4. The highest BCUT2D eigenvalue weighted by atomic mass is 32.1. The second kappa shape index (κ2) is 7.67. The van der Waals surface area contributed by atoms with Gasteiger partial charge in [-0.05, 0) is 24.8 Å². The highest BCUT2D eigenvalue weighted by Crippen LogP contribution is 2.26. The van der Waals surface area contributed by atoms with E-state index in [1.807, 2.05) is 0 Å². The minimum atomic E-state index is -0.600. The van der Waals surface area contributed by atoms with E-state index in [2.05, 4.69) is 27.2 Å². The summed E-state index contributed by atoms with van der Waals surface area (Å²) in [6, 6.07) is 6.16. The SMILES string of the molecule is CC1CCN(c2nn3c(=O)c(C(=O)NCc4ccccc4F)cnc3s2)CC1. The van der Waals surface area contributed by atoms with Crippen molar-refractivity contribution >= 4 is 27.3 Å². The summed E-state index contributed by atoms with van der Waals surface area (Å²) in [6.07, 6.45) is 3.43. The van der Waals surface area contributed by atoms with Crippen LogP contribution in [0.25, 0.3) is 4.96 Å². The number of aromatic nitrogens is 3. The van der Waals surface area contributed by atoms with Gasteiger partial charge in [0.05, 0.1) is 0 Å². The molecule has 3 heterocycles. The monoisotopic (exact) mass is 401 g/mol. The maximum absolute atomic E-state index is 13.7. The van der Waals surface area contributed by atoms with E-state index < -0.39 is 17.3 Å². The fraction of sp³-hybridized carbons (Fsp3) is 0.368. The van der Waals surface area contributed by atoms with Crippen LogP contribution in [0.1, 0.15) is 35.7 Å². The molecule has 0 bridgehead atoms. The lowest BCUT2D eigenvalue weighted by Crippen LogP contribution is -2.33. The molecule has 146 valence electrons. The molecule has 1 aromatic carbocycles. The number of carbonyl (C=O) groups excluding carboxylic acids is 1. The van der Waals surface area contributed by atoms with Gasteiger partial charge in [0.15, 0.2) is 0 Å². The lowest BCUT2D eigenvalue weighted by Gasteiger charge is -2.29. The molecule has 4 rings (SSSR count). The molecule has 1 amide bonds. The average Bonchev–Trinajstić information content (AvgIpc) is 3.13. The van der Waals surface area contributed by atoms with Gasteiger partial charge >= 0.3 is 0 Å². The Labute approximate surface area is 164 Å². The van der Waals surface area contributed by atoms with Crippen LogP contribution >= 0.6 is 11.3 Å². The van der Waals surface area contributed by atoms with Gasteiger partial charge in [-0.25, -0.2) is 9.37 Å². The van der Waals surface area contributed by atoms with Gasteiger partial charge in [-0.2, -0.15) is 4.52 Å². The Morgan fingerprint density at radius 3 is 2.82 bits per heavy atom. The van der Waals surface area contributed by atoms with Crippen molar-refractivity contribution in [1.29, 1.82) is 0 Å². The van der Waals surface area contributed by atoms with Crippen molar-refractivity contribution in [3.63, 3.8) is 0 Å². The summed E-state index contributed by atoms with van der Waals surface area (Å²) < 4.78 is 14.9. The Morgan fingerprint density at radius 2 is 2.07 bits per heavy atom. The Bertz CT molecular complexity index is 1070. The van der Waals surface area contributed by atoms with Crippen LogP contribution in [0, 0.1) is 11.7 Å². The zero-order valence-electron chi connectivity index (χ0n) is 15.4. The van der Waals surface area contributed by atoms with Gasteiger partial charge in [0, 0.05) is 31.4 Å². The average molecular weight is 401 g/mol. The molecule has 28 heavy (non-hydrogen) atoms. The summed E-state index contributed by atoms with van der Waals surface area (Å²) in [5.41, 5.74) is -0.290. The minimum absolute atomic E-state index is 0.0120. The van der Waals surface area contributed by atoms with Crippen molar-refractivity contribution in [2.24, 2.45) is 5.92 Å². The third-order valence-electron chi connectivity index (χ3n) is 4.97. The van der Waals surface area contributed by atoms with Gasteiger partial charge in [0.1, 0.15) is 11.4 Å². The largest absolute Gasteiger partial charge is 0.348 e. The van der Waals surface area contributed by atoms with E-state index in [0.29, 0.717) is 16.4 Å². The molecule has 1 aliphatic heterocycles. The van der Waals surface area contributed by atoms with Gasteiger partial charge in [-0.1, -0.05) is 36.5 Å². The van der Waals surface area contributed by atoms with Crippen LogP contribution in [0.15, 0.2) is 35.3 Å². The van der Waals surface area contributed by atoms with E-state index in [1.54, 1.807) is 18.2 Å². The standard InChI is InChI=1S/C19H20FN5O2S/c1-12-6-8-24(9-7-12)19-23-25-17(27)14(11-22-18(25)28-19)16(26)21-10-13-4-2-3-5-15(13)20/h2-5,11-12H,6-10H2,1H3,(H,21,26). The lowest BCUT2D eigenvalue weighted by atomic mass is 10.00. The Balaban J connectivity index is 1.55. The van der Waals surface area contributed by atoms with Crippen molar-refractivity contribution in [1.82, 2.24) is 19.9 Å². The first-order valence-corrected chi connectivity index (χ1v) is 10.00. The van der Waals surface area contributed by atoms with Gasteiger partial charge in [-0.15, -0.1) is 5.10 Å². The number of hydrogen-bond donors (Lipinski definition) is 1. The second-order valence-electron chi connectivity index (χ2n) is 7.00. The van der Waals surface area contributed by atoms with Gasteiger partial charge in [-0.3, -0.25) is 9.59 Å². The van der Waals surface area contributed by atoms with E-state index in [0.717, 1.165) is 31.1 Å². The first kappa shape index (κ1) is 18.5. The van der Waals surface area contributed by atoms with Crippen molar-refractivity contribution in [2.45, 2.75) is 26.3 Å². The smallest absolute Gasteiger partial charge is 0.288 e. The number of anilines is 1. The highest BCUT2D eigenvalue weighted by molar-refractivity contribution is 7.20. The Hall–Kier alpha value is -2.81. The molecule has 1 saturated heterocycles. The molecule has 9 heteroatoms. The summed E-state index contributed by atoms with van der Waals surface area (Å²) in [7, 11) is 0. The summed E-state index contributed by atoms with van der Waals surface area (Å²) in [5.74, 6) is -0.319. The number of nitrogens with zero attached hydrogens (tertiary/aromatic N) is 4. The van der Waals surface area contributed by atoms with E-state index in [-0.39, 0.29) is 12.1 Å². The molecule has 2 aromatic heterocycles. The number of fused-ring (bicyclic) bond motifs is 1. The number of nitrogens with one attached hydrogen (secondary N) is 1. The zero-order valence-corrected chi connectivity index (χ0v) is 16.2. The normalized spacial score (nSPS) is 15.1. The summed E-state index contributed by atoms with van der Waals surface area (Å²) in [4.78, 5) is 31.9. The molecule has 0 unspecified atom stereocenters. The van der Waals surface area contributed by atoms with Crippen LogP contribution in [0.4, 0.5) is 9.52 Å². The number of amides is 1. The Morgan fingerprint density at radius 1 is 1.32 bits per heavy atom. The topological polar surface area (TPSA) is 79.6 Å². The fourth-order valence-electron chi connectivity index (χ4n) is 3.17. The maximum Gasteiger partial charge on any atom is 0.288 e.